The summed E-state index contributed by atoms with van der Waals surface area (Å²) in [6.45, 7) is 0. The molecule has 1 rings (SSSR count). The first kappa shape index (κ1) is 13.6. The molecule has 94 valence electrons. The van der Waals surface area contributed by atoms with Crippen molar-refractivity contribution < 1.29 is 23.8 Å². The fourth-order valence-electron chi connectivity index (χ4n) is 1.54. The second-order valence-electron chi connectivity index (χ2n) is 3.19. The van der Waals surface area contributed by atoms with E-state index in [1.807, 2.05) is 0 Å². The monoisotopic (exact) mass is 260 g/mol. The van der Waals surface area contributed by atoms with Gasteiger partial charge in [0.15, 0.2) is 11.5 Å². The van der Waals surface area contributed by atoms with E-state index in [2.05, 4.69) is 0 Å². The molecule has 0 saturated carbocycles. The first-order valence-corrected chi connectivity index (χ1v) is 5.96. The lowest BCUT2D eigenvalue weighted by Gasteiger charge is -2.15. The van der Waals surface area contributed by atoms with E-state index in [-0.39, 0.29) is 23.5 Å². The Morgan fingerprint density at radius 2 is 2.00 bits per heavy atom. The van der Waals surface area contributed by atoms with Gasteiger partial charge in [-0.2, -0.15) is 0 Å². The number of carbonyl (C=O) groups is 1. The van der Waals surface area contributed by atoms with E-state index in [0.717, 1.165) is 0 Å². The third kappa shape index (κ3) is 2.82. The third-order valence-electron chi connectivity index (χ3n) is 2.18. The summed E-state index contributed by atoms with van der Waals surface area (Å²) in [5.41, 5.74) is 0.257. The lowest BCUT2D eigenvalue weighted by molar-refractivity contribution is -0.136. The van der Waals surface area contributed by atoms with Gasteiger partial charge in [-0.1, -0.05) is 0 Å². The standard InChI is InChI=1S/C11H13FO4S/c1-15-9-6(5-8(13)14)4-7(12)11(17-3)10(9)16-2/h4H,5H2,1-3H3,(H,13,14). The number of benzene rings is 1. The third-order valence-corrected chi connectivity index (χ3v) is 2.96. The molecule has 0 aromatic heterocycles. The molecule has 0 atom stereocenters. The molecule has 4 nitrogen and oxygen atoms in total. The van der Waals surface area contributed by atoms with Gasteiger partial charge in [0.05, 0.1) is 25.5 Å². The largest absolute Gasteiger partial charge is 0.493 e. The summed E-state index contributed by atoms with van der Waals surface area (Å²) in [5, 5.41) is 8.74. The van der Waals surface area contributed by atoms with Gasteiger partial charge in [-0.15, -0.1) is 11.8 Å². The van der Waals surface area contributed by atoms with Gasteiger partial charge in [0, 0.05) is 5.56 Å². The van der Waals surface area contributed by atoms with Crippen LogP contribution in [-0.2, 0) is 11.2 Å². The number of aliphatic carboxylic acids is 1. The van der Waals surface area contributed by atoms with Crippen molar-refractivity contribution >= 4 is 17.7 Å². The molecule has 0 amide bonds. The summed E-state index contributed by atoms with van der Waals surface area (Å²) in [6, 6.07) is 1.17. The van der Waals surface area contributed by atoms with Gasteiger partial charge in [0.1, 0.15) is 5.82 Å². The van der Waals surface area contributed by atoms with Crippen LogP contribution in [0.1, 0.15) is 5.56 Å². The van der Waals surface area contributed by atoms with Crippen molar-refractivity contribution in [3.63, 3.8) is 0 Å². The Balaban J connectivity index is 3.41. The SMILES string of the molecule is COc1c(CC(=O)O)cc(F)c(SC)c1OC. The molecule has 0 unspecified atom stereocenters. The van der Waals surface area contributed by atoms with E-state index in [9.17, 15) is 9.18 Å². The van der Waals surface area contributed by atoms with Crippen molar-refractivity contribution in [3.8, 4) is 11.5 Å². The number of carboxylic acids is 1. The van der Waals surface area contributed by atoms with Crippen LogP contribution >= 0.6 is 11.8 Å². The lowest BCUT2D eigenvalue weighted by Crippen LogP contribution is -2.05. The van der Waals surface area contributed by atoms with Gasteiger partial charge in [-0.25, -0.2) is 4.39 Å². The second-order valence-corrected chi connectivity index (χ2v) is 4.00. The van der Waals surface area contributed by atoms with E-state index in [4.69, 9.17) is 14.6 Å². The van der Waals surface area contributed by atoms with Crippen molar-refractivity contribution in [2.24, 2.45) is 0 Å². The summed E-state index contributed by atoms with van der Waals surface area (Å²) in [7, 11) is 2.78. The summed E-state index contributed by atoms with van der Waals surface area (Å²) < 4.78 is 23.9. The van der Waals surface area contributed by atoms with E-state index in [1.54, 1.807) is 6.26 Å². The number of rotatable bonds is 5. The van der Waals surface area contributed by atoms with Gasteiger partial charge < -0.3 is 14.6 Å². The van der Waals surface area contributed by atoms with E-state index in [1.165, 1.54) is 32.0 Å². The lowest BCUT2D eigenvalue weighted by atomic mass is 10.1. The first-order chi connectivity index (χ1) is 8.04. The normalized spacial score (nSPS) is 10.1. The van der Waals surface area contributed by atoms with Crippen molar-refractivity contribution in [2.75, 3.05) is 20.5 Å². The summed E-state index contributed by atoms with van der Waals surface area (Å²) >= 11 is 1.18. The van der Waals surface area contributed by atoms with Crippen LogP contribution in [0.4, 0.5) is 4.39 Å². The molecule has 0 heterocycles. The molecule has 0 radical (unpaired) electrons. The minimum Gasteiger partial charge on any atom is -0.493 e. The van der Waals surface area contributed by atoms with Crippen molar-refractivity contribution in [1.29, 1.82) is 0 Å². The molecule has 17 heavy (non-hydrogen) atoms. The Labute approximate surface area is 103 Å². The molecule has 0 fully saturated rings. The number of thioether (sulfide) groups is 1. The highest BCUT2D eigenvalue weighted by atomic mass is 32.2. The molecule has 0 spiro atoms. The minimum atomic E-state index is -1.05. The van der Waals surface area contributed by atoms with Crippen LogP contribution in [0.5, 0.6) is 11.5 Å². The van der Waals surface area contributed by atoms with E-state index >= 15 is 0 Å². The molecule has 0 aliphatic heterocycles. The Hall–Kier alpha value is -1.43. The smallest absolute Gasteiger partial charge is 0.307 e. The maximum atomic E-state index is 13.7. The predicted octanol–water partition coefficient (Wildman–Crippen LogP) is 2.19. The first-order valence-electron chi connectivity index (χ1n) is 4.74. The summed E-state index contributed by atoms with van der Waals surface area (Å²) in [6.07, 6.45) is 1.39. The molecular weight excluding hydrogens is 247 g/mol. The molecule has 6 heteroatoms. The van der Waals surface area contributed by atoms with Gasteiger partial charge in [-0.05, 0) is 12.3 Å². The molecule has 0 bridgehead atoms. The van der Waals surface area contributed by atoms with Crippen molar-refractivity contribution in [3.05, 3.63) is 17.4 Å². The summed E-state index contributed by atoms with van der Waals surface area (Å²) in [5.74, 6) is -1.06. The molecule has 1 N–H and O–H groups in total. The number of ether oxygens (including phenoxy) is 2. The van der Waals surface area contributed by atoms with Crippen LogP contribution in [0.15, 0.2) is 11.0 Å². The molecule has 1 aromatic rings. The maximum absolute atomic E-state index is 13.7. The number of methoxy groups -OCH3 is 2. The zero-order valence-electron chi connectivity index (χ0n) is 9.74. The van der Waals surface area contributed by atoms with Gasteiger partial charge in [-0.3, -0.25) is 4.79 Å². The number of hydrogen-bond donors (Lipinski definition) is 1. The topological polar surface area (TPSA) is 55.8 Å². The fourth-order valence-corrected chi connectivity index (χ4v) is 2.15. The molecule has 0 aliphatic carbocycles. The van der Waals surface area contributed by atoms with Crippen LogP contribution in [0.25, 0.3) is 0 Å². The Morgan fingerprint density at radius 3 is 2.41 bits per heavy atom. The van der Waals surface area contributed by atoms with Crippen LogP contribution < -0.4 is 9.47 Å². The minimum absolute atomic E-state index is 0.233. The van der Waals surface area contributed by atoms with Crippen LogP contribution in [0.2, 0.25) is 0 Å². The van der Waals surface area contributed by atoms with Crippen LogP contribution in [-0.4, -0.2) is 31.6 Å². The average Bonchev–Trinajstić information content (AvgIpc) is 2.27. The van der Waals surface area contributed by atoms with Gasteiger partial charge in [0.2, 0.25) is 0 Å². The van der Waals surface area contributed by atoms with Crippen molar-refractivity contribution in [2.45, 2.75) is 11.3 Å². The molecule has 0 aliphatic rings. The zero-order valence-corrected chi connectivity index (χ0v) is 10.6. The quantitative estimate of drug-likeness (QED) is 0.822. The second kappa shape index (κ2) is 5.77. The predicted molar refractivity (Wildman–Crippen MR) is 62.6 cm³/mol. The van der Waals surface area contributed by atoms with Gasteiger partial charge >= 0.3 is 5.97 Å². The highest BCUT2D eigenvalue weighted by Gasteiger charge is 2.20. The zero-order chi connectivity index (χ0) is 13.0. The van der Waals surface area contributed by atoms with E-state index < -0.39 is 11.8 Å². The van der Waals surface area contributed by atoms with Crippen LogP contribution in [0.3, 0.4) is 0 Å². The average molecular weight is 260 g/mol. The van der Waals surface area contributed by atoms with Crippen molar-refractivity contribution in [1.82, 2.24) is 0 Å². The Kier molecular flexibility index (Phi) is 4.62. The highest BCUT2D eigenvalue weighted by molar-refractivity contribution is 7.98. The molecule has 1 aromatic carbocycles. The molecular formula is C11H13FO4S. The maximum Gasteiger partial charge on any atom is 0.307 e. The number of hydrogen-bond acceptors (Lipinski definition) is 4. The van der Waals surface area contributed by atoms with E-state index in [0.29, 0.717) is 4.90 Å². The Bertz CT molecular complexity index is 434. The van der Waals surface area contributed by atoms with Crippen LogP contribution in [0, 0.1) is 5.82 Å². The number of carboxylic acid groups (broad SMARTS) is 1. The van der Waals surface area contributed by atoms with Gasteiger partial charge in [0.25, 0.3) is 0 Å². The summed E-state index contributed by atoms with van der Waals surface area (Å²) in [4.78, 5) is 11.0. The molecule has 0 saturated heterocycles. The fraction of sp³-hybridized carbons (Fsp3) is 0.364. The highest BCUT2D eigenvalue weighted by Crippen LogP contribution is 2.41. The Morgan fingerprint density at radius 1 is 1.41 bits per heavy atom. The number of halogens is 1.